The van der Waals surface area contributed by atoms with Gasteiger partial charge in [-0.15, -0.1) is 0 Å². The second-order valence-electron chi connectivity index (χ2n) is 2.80. The fourth-order valence-corrected chi connectivity index (χ4v) is 0.688. The van der Waals surface area contributed by atoms with Gasteiger partial charge >= 0.3 is 18.1 Å². The first-order chi connectivity index (χ1) is 7.66. The number of carboxylic acids is 2. The summed E-state index contributed by atoms with van der Waals surface area (Å²) in [7, 11) is 0. The van der Waals surface area contributed by atoms with E-state index in [1.54, 1.807) is 19.2 Å². The first-order valence-electron chi connectivity index (χ1n) is 4.10. The maximum absolute atomic E-state index is 10.6. The summed E-state index contributed by atoms with van der Waals surface area (Å²) in [5.74, 6) is -3.68. The van der Waals surface area contributed by atoms with Crippen molar-refractivity contribution in [3.63, 3.8) is 0 Å². The molecule has 2 N–H and O–H groups in total. The molecule has 0 atom stereocenters. The number of aromatic nitrogens is 1. The molecule has 17 heavy (non-hydrogen) atoms. The molecule has 94 valence electrons. The van der Waals surface area contributed by atoms with E-state index in [0.717, 1.165) is 5.56 Å². The number of aromatic carboxylic acids is 1. The molecule has 0 fully saturated rings. The standard InChI is InChI=1S/C7H7NO2.C2HF3O2/c1-5-2-3-8-4-6(5)7(9)10;3-2(4,5)1(6)7/h2-4H,1H3,(H,9,10);(H,6,7). The normalized spacial score (nSPS) is 10.1. The lowest BCUT2D eigenvalue weighted by Gasteiger charge is -1.95. The fraction of sp³-hybridized carbons (Fsp3) is 0.222. The summed E-state index contributed by atoms with van der Waals surface area (Å²) in [6.45, 7) is 1.74. The summed E-state index contributed by atoms with van der Waals surface area (Å²) in [5, 5.41) is 15.7. The van der Waals surface area contributed by atoms with Gasteiger partial charge in [-0.2, -0.15) is 13.2 Å². The summed E-state index contributed by atoms with van der Waals surface area (Å²) in [4.78, 5) is 23.0. The highest BCUT2D eigenvalue weighted by atomic mass is 19.4. The largest absolute Gasteiger partial charge is 0.490 e. The van der Waals surface area contributed by atoms with E-state index < -0.39 is 18.1 Å². The highest BCUT2D eigenvalue weighted by molar-refractivity contribution is 5.88. The molecule has 0 spiro atoms. The van der Waals surface area contributed by atoms with Gasteiger partial charge in [0.1, 0.15) is 0 Å². The van der Waals surface area contributed by atoms with Crippen LogP contribution in [0.2, 0.25) is 0 Å². The van der Waals surface area contributed by atoms with Gasteiger partial charge in [0.2, 0.25) is 0 Å². The third-order valence-corrected chi connectivity index (χ3v) is 1.51. The zero-order valence-corrected chi connectivity index (χ0v) is 8.52. The Balaban J connectivity index is 0.000000325. The van der Waals surface area contributed by atoms with Crippen LogP contribution in [0.3, 0.4) is 0 Å². The first-order valence-corrected chi connectivity index (χ1v) is 4.10. The molecule has 1 aromatic heterocycles. The van der Waals surface area contributed by atoms with Gasteiger partial charge in [-0.25, -0.2) is 9.59 Å². The molecule has 0 aliphatic heterocycles. The van der Waals surface area contributed by atoms with Crippen molar-refractivity contribution in [2.45, 2.75) is 13.1 Å². The maximum atomic E-state index is 10.6. The quantitative estimate of drug-likeness (QED) is 0.793. The Labute approximate surface area is 93.5 Å². The Kier molecular flexibility index (Phi) is 5.10. The van der Waals surface area contributed by atoms with Gasteiger partial charge in [-0.3, -0.25) is 4.98 Å². The minimum absolute atomic E-state index is 0.266. The average Bonchev–Trinajstić information content (AvgIpc) is 2.17. The lowest BCUT2D eigenvalue weighted by molar-refractivity contribution is -0.192. The molecule has 1 rings (SSSR count). The predicted molar refractivity (Wildman–Crippen MR) is 49.6 cm³/mol. The minimum atomic E-state index is -5.08. The third kappa shape index (κ3) is 5.50. The zero-order valence-electron chi connectivity index (χ0n) is 8.52. The molecule has 0 aliphatic carbocycles. The van der Waals surface area contributed by atoms with Crippen LogP contribution in [0.5, 0.6) is 0 Å². The third-order valence-electron chi connectivity index (χ3n) is 1.51. The minimum Gasteiger partial charge on any atom is -0.478 e. The van der Waals surface area contributed by atoms with E-state index in [2.05, 4.69) is 4.98 Å². The van der Waals surface area contributed by atoms with Crippen molar-refractivity contribution in [1.82, 2.24) is 4.98 Å². The number of pyridine rings is 1. The van der Waals surface area contributed by atoms with Gasteiger partial charge < -0.3 is 10.2 Å². The van der Waals surface area contributed by atoms with Crippen molar-refractivity contribution in [1.29, 1.82) is 0 Å². The van der Waals surface area contributed by atoms with Crippen molar-refractivity contribution in [2.75, 3.05) is 0 Å². The average molecular weight is 251 g/mol. The summed E-state index contributed by atoms with van der Waals surface area (Å²) in [6, 6.07) is 1.67. The highest BCUT2D eigenvalue weighted by Gasteiger charge is 2.38. The number of hydrogen-bond donors (Lipinski definition) is 2. The van der Waals surface area contributed by atoms with E-state index >= 15 is 0 Å². The van der Waals surface area contributed by atoms with Crippen molar-refractivity contribution >= 4 is 11.9 Å². The van der Waals surface area contributed by atoms with Gasteiger partial charge in [0, 0.05) is 12.4 Å². The van der Waals surface area contributed by atoms with E-state index in [1.807, 2.05) is 0 Å². The zero-order chi connectivity index (χ0) is 13.6. The van der Waals surface area contributed by atoms with E-state index in [9.17, 15) is 18.0 Å². The molecule has 0 saturated heterocycles. The topological polar surface area (TPSA) is 87.5 Å². The van der Waals surface area contributed by atoms with Gasteiger partial charge in [-0.1, -0.05) is 0 Å². The Bertz CT molecular complexity index is 417. The van der Waals surface area contributed by atoms with E-state index in [1.165, 1.54) is 6.20 Å². The molecule has 0 amide bonds. The van der Waals surface area contributed by atoms with Crippen LogP contribution in [0.1, 0.15) is 15.9 Å². The second kappa shape index (κ2) is 5.83. The number of carboxylic acid groups (broad SMARTS) is 2. The lowest BCUT2D eigenvalue weighted by atomic mass is 10.2. The van der Waals surface area contributed by atoms with Crippen LogP contribution in [0, 0.1) is 6.92 Å². The molecular weight excluding hydrogens is 243 g/mol. The monoisotopic (exact) mass is 251 g/mol. The molecule has 0 unspecified atom stereocenters. The summed E-state index contributed by atoms with van der Waals surface area (Å²) in [5.41, 5.74) is 1.00. The smallest absolute Gasteiger partial charge is 0.478 e. The van der Waals surface area contributed by atoms with Gasteiger partial charge in [0.25, 0.3) is 0 Å². The Morgan fingerprint density at radius 2 is 1.76 bits per heavy atom. The molecular formula is C9H8F3NO4. The van der Waals surface area contributed by atoms with Crippen LogP contribution < -0.4 is 0 Å². The molecule has 5 nitrogen and oxygen atoms in total. The van der Waals surface area contributed by atoms with Crippen LogP contribution in [-0.4, -0.2) is 33.3 Å². The number of hydrogen-bond acceptors (Lipinski definition) is 3. The number of aliphatic carboxylic acids is 1. The van der Waals surface area contributed by atoms with Crippen LogP contribution >= 0.6 is 0 Å². The SMILES string of the molecule is Cc1ccncc1C(=O)O.O=C(O)C(F)(F)F. The number of alkyl halides is 3. The van der Waals surface area contributed by atoms with Crippen LogP contribution in [-0.2, 0) is 4.79 Å². The summed E-state index contributed by atoms with van der Waals surface area (Å²) < 4.78 is 31.7. The number of rotatable bonds is 1. The van der Waals surface area contributed by atoms with Crippen LogP contribution in [0.25, 0.3) is 0 Å². The lowest BCUT2D eigenvalue weighted by Crippen LogP contribution is -2.21. The molecule has 1 heterocycles. The van der Waals surface area contributed by atoms with Gasteiger partial charge in [0.15, 0.2) is 0 Å². The molecule has 0 aliphatic rings. The number of carbonyl (C=O) groups is 2. The Hall–Kier alpha value is -2.12. The Morgan fingerprint density at radius 1 is 1.29 bits per heavy atom. The maximum Gasteiger partial charge on any atom is 0.490 e. The fourth-order valence-electron chi connectivity index (χ4n) is 0.688. The van der Waals surface area contributed by atoms with Crippen LogP contribution in [0.4, 0.5) is 13.2 Å². The first kappa shape index (κ1) is 14.9. The highest BCUT2D eigenvalue weighted by Crippen LogP contribution is 2.13. The molecule has 0 bridgehead atoms. The summed E-state index contributed by atoms with van der Waals surface area (Å²) >= 11 is 0. The van der Waals surface area contributed by atoms with Gasteiger partial charge in [-0.05, 0) is 18.6 Å². The molecule has 8 heteroatoms. The van der Waals surface area contributed by atoms with E-state index in [-0.39, 0.29) is 5.56 Å². The van der Waals surface area contributed by atoms with Crippen LogP contribution in [0.15, 0.2) is 18.5 Å². The molecule has 0 radical (unpaired) electrons. The predicted octanol–water partition coefficient (Wildman–Crippen LogP) is 1.72. The second-order valence-corrected chi connectivity index (χ2v) is 2.80. The van der Waals surface area contributed by atoms with Crippen molar-refractivity contribution < 1.29 is 33.0 Å². The van der Waals surface area contributed by atoms with Crippen molar-refractivity contribution in [3.05, 3.63) is 29.6 Å². The number of nitrogens with zero attached hydrogens (tertiary/aromatic N) is 1. The van der Waals surface area contributed by atoms with Crippen molar-refractivity contribution in [3.8, 4) is 0 Å². The van der Waals surface area contributed by atoms with Gasteiger partial charge in [0.05, 0.1) is 5.56 Å². The van der Waals surface area contributed by atoms with E-state index in [0.29, 0.717) is 0 Å². The summed E-state index contributed by atoms with van der Waals surface area (Å²) in [6.07, 6.45) is -2.17. The molecule has 0 aromatic carbocycles. The molecule has 0 saturated carbocycles. The van der Waals surface area contributed by atoms with E-state index in [4.69, 9.17) is 15.0 Å². The molecule has 1 aromatic rings. The number of aryl methyl sites for hydroxylation is 1. The Morgan fingerprint density at radius 3 is 2.00 bits per heavy atom. The number of halogens is 3. The van der Waals surface area contributed by atoms with Crippen molar-refractivity contribution in [2.24, 2.45) is 0 Å².